The molecule has 1 saturated heterocycles. The lowest BCUT2D eigenvalue weighted by atomic mass is 10.0. The van der Waals surface area contributed by atoms with E-state index < -0.39 is 0 Å². The molecule has 1 aliphatic heterocycles. The van der Waals surface area contributed by atoms with Gasteiger partial charge in [-0.15, -0.1) is 0 Å². The zero-order valence-corrected chi connectivity index (χ0v) is 11.6. The Labute approximate surface area is 109 Å². The number of hydrogen-bond acceptors (Lipinski definition) is 4. The van der Waals surface area contributed by atoms with Gasteiger partial charge in [0.2, 0.25) is 0 Å². The number of hydrogen-bond donors (Lipinski definition) is 1. The van der Waals surface area contributed by atoms with Crippen molar-refractivity contribution in [2.24, 2.45) is 0 Å². The molecule has 5 nitrogen and oxygen atoms in total. The predicted molar refractivity (Wildman–Crippen MR) is 70.3 cm³/mol. The third-order valence-corrected chi connectivity index (χ3v) is 3.28. The molecule has 0 spiro atoms. The zero-order chi connectivity index (χ0) is 13.0. The van der Waals surface area contributed by atoms with Crippen molar-refractivity contribution in [3.05, 3.63) is 12.2 Å². The summed E-state index contributed by atoms with van der Waals surface area (Å²) in [4.78, 5) is 6.75. The second-order valence-corrected chi connectivity index (χ2v) is 5.88. The average Bonchev–Trinajstić information content (AvgIpc) is 2.81. The fourth-order valence-corrected chi connectivity index (χ4v) is 2.41. The number of ether oxygens (including phenoxy) is 1. The summed E-state index contributed by atoms with van der Waals surface area (Å²) in [6, 6.07) is 0.379. The first kappa shape index (κ1) is 13.5. The van der Waals surface area contributed by atoms with Crippen molar-refractivity contribution >= 4 is 0 Å². The normalized spacial score (nSPS) is 22.3. The maximum absolute atomic E-state index is 5.81. The van der Waals surface area contributed by atoms with E-state index in [2.05, 4.69) is 40.9 Å². The smallest absolute Gasteiger partial charge is 0.141 e. The van der Waals surface area contributed by atoms with Gasteiger partial charge in [0.1, 0.15) is 12.2 Å². The van der Waals surface area contributed by atoms with Gasteiger partial charge in [0.15, 0.2) is 0 Å². The van der Waals surface area contributed by atoms with Crippen molar-refractivity contribution in [3.8, 4) is 0 Å². The number of H-pyrrole nitrogens is 1. The summed E-state index contributed by atoms with van der Waals surface area (Å²) in [5, 5.41) is 6.96. The van der Waals surface area contributed by atoms with Crippen LogP contribution >= 0.6 is 0 Å². The van der Waals surface area contributed by atoms with Gasteiger partial charge in [-0.25, -0.2) is 4.98 Å². The number of piperidine rings is 1. The van der Waals surface area contributed by atoms with Crippen LogP contribution in [0.3, 0.4) is 0 Å². The van der Waals surface area contributed by atoms with E-state index in [4.69, 9.17) is 4.74 Å². The first-order chi connectivity index (χ1) is 8.56. The summed E-state index contributed by atoms with van der Waals surface area (Å²) >= 11 is 0. The topological polar surface area (TPSA) is 54.0 Å². The number of likely N-dealkylation sites (tertiary alicyclic amines) is 1. The van der Waals surface area contributed by atoms with Crippen LogP contribution in [0.15, 0.2) is 6.33 Å². The molecule has 0 aromatic carbocycles. The van der Waals surface area contributed by atoms with Crippen molar-refractivity contribution < 1.29 is 4.74 Å². The molecule has 1 aromatic heterocycles. The van der Waals surface area contributed by atoms with Crippen LogP contribution in [0.25, 0.3) is 0 Å². The van der Waals surface area contributed by atoms with E-state index in [0.717, 1.165) is 31.9 Å². The van der Waals surface area contributed by atoms with Crippen LogP contribution in [0, 0.1) is 0 Å². The number of aromatic amines is 1. The Bertz CT molecular complexity index is 344. The molecule has 1 fully saturated rings. The van der Waals surface area contributed by atoms with E-state index in [0.29, 0.717) is 6.04 Å². The fraction of sp³-hybridized carbons (Fsp3) is 0.846. The first-order valence-corrected chi connectivity index (χ1v) is 6.79. The highest BCUT2D eigenvalue weighted by Gasteiger charge is 2.26. The Hall–Kier alpha value is -0.940. The highest BCUT2D eigenvalue weighted by molar-refractivity contribution is 4.94. The minimum absolute atomic E-state index is 0.0580. The summed E-state index contributed by atoms with van der Waals surface area (Å²) < 4.78 is 5.81. The van der Waals surface area contributed by atoms with Gasteiger partial charge >= 0.3 is 0 Å². The Balaban J connectivity index is 1.88. The summed E-state index contributed by atoms with van der Waals surface area (Å²) in [6.07, 6.45) is 5.28. The molecular formula is C13H24N4O. The van der Waals surface area contributed by atoms with E-state index in [9.17, 15) is 0 Å². The number of nitrogens with zero attached hydrogens (tertiary/aromatic N) is 3. The van der Waals surface area contributed by atoms with Crippen molar-refractivity contribution in [1.82, 2.24) is 20.1 Å². The van der Waals surface area contributed by atoms with E-state index in [-0.39, 0.29) is 5.60 Å². The van der Waals surface area contributed by atoms with Crippen LogP contribution in [0.1, 0.15) is 51.9 Å². The van der Waals surface area contributed by atoms with E-state index in [1.54, 1.807) is 6.33 Å². The van der Waals surface area contributed by atoms with Crippen molar-refractivity contribution in [3.63, 3.8) is 0 Å². The summed E-state index contributed by atoms with van der Waals surface area (Å²) in [5.41, 5.74) is -0.0580. The number of nitrogens with one attached hydrogen (secondary N) is 1. The molecule has 102 valence electrons. The highest BCUT2D eigenvalue weighted by atomic mass is 16.5. The monoisotopic (exact) mass is 252 g/mol. The van der Waals surface area contributed by atoms with Crippen LogP contribution in [0.4, 0.5) is 0 Å². The van der Waals surface area contributed by atoms with E-state index in [1.165, 1.54) is 12.8 Å². The molecule has 0 aliphatic carbocycles. The standard InChI is InChI=1S/C13H24N4O/c1-13(2,3)18-9-8-17-7-5-4-6-11(17)12-14-10-15-16-12/h10-11H,4-9H2,1-3H3,(H,14,15,16). The second-order valence-electron chi connectivity index (χ2n) is 5.88. The van der Waals surface area contributed by atoms with Crippen molar-refractivity contribution in [1.29, 1.82) is 0 Å². The average molecular weight is 252 g/mol. The summed E-state index contributed by atoms with van der Waals surface area (Å²) in [5.74, 6) is 0.991. The minimum Gasteiger partial charge on any atom is -0.375 e. The quantitative estimate of drug-likeness (QED) is 0.892. The molecule has 1 unspecified atom stereocenters. The maximum atomic E-state index is 5.81. The van der Waals surface area contributed by atoms with Crippen LogP contribution in [-0.2, 0) is 4.74 Å². The van der Waals surface area contributed by atoms with Crippen LogP contribution < -0.4 is 0 Å². The molecule has 1 N–H and O–H groups in total. The SMILES string of the molecule is CC(C)(C)OCCN1CCCCC1c1ncn[nH]1. The Morgan fingerprint density at radius 3 is 2.94 bits per heavy atom. The van der Waals surface area contributed by atoms with Gasteiger partial charge in [-0.05, 0) is 40.2 Å². The second kappa shape index (κ2) is 5.80. The zero-order valence-electron chi connectivity index (χ0n) is 11.6. The van der Waals surface area contributed by atoms with Gasteiger partial charge in [0.25, 0.3) is 0 Å². The van der Waals surface area contributed by atoms with Gasteiger partial charge in [0, 0.05) is 6.54 Å². The molecule has 18 heavy (non-hydrogen) atoms. The van der Waals surface area contributed by atoms with Crippen LogP contribution in [-0.4, -0.2) is 45.4 Å². The molecule has 1 atom stereocenters. The Kier molecular flexibility index (Phi) is 4.35. The summed E-state index contributed by atoms with van der Waals surface area (Å²) in [7, 11) is 0. The van der Waals surface area contributed by atoms with Gasteiger partial charge in [-0.2, -0.15) is 5.10 Å². The Morgan fingerprint density at radius 2 is 2.28 bits per heavy atom. The fourth-order valence-electron chi connectivity index (χ4n) is 2.41. The Morgan fingerprint density at radius 1 is 1.44 bits per heavy atom. The molecule has 0 saturated carbocycles. The van der Waals surface area contributed by atoms with Gasteiger partial charge in [-0.3, -0.25) is 10.00 Å². The number of aromatic nitrogens is 3. The molecule has 1 aliphatic rings. The van der Waals surface area contributed by atoms with Crippen LogP contribution in [0.5, 0.6) is 0 Å². The first-order valence-electron chi connectivity index (χ1n) is 6.79. The van der Waals surface area contributed by atoms with Crippen molar-refractivity contribution in [2.75, 3.05) is 19.7 Å². The minimum atomic E-state index is -0.0580. The third kappa shape index (κ3) is 3.78. The molecule has 0 amide bonds. The largest absolute Gasteiger partial charge is 0.375 e. The predicted octanol–water partition coefficient (Wildman–Crippen LogP) is 2.15. The maximum Gasteiger partial charge on any atom is 0.141 e. The van der Waals surface area contributed by atoms with Gasteiger partial charge in [-0.1, -0.05) is 6.42 Å². The number of rotatable bonds is 4. The highest BCUT2D eigenvalue weighted by Crippen LogP contribution is 2.28. The summed E-state index contributed by atoms with van der Waals surface area (Å²) in [6.45, 7) is 9.14. The lowest BCUT2D eigenvalue weighted by Gasteiger charge is -2.34. The van der Waals surface area contributed by atoms with Crippen LogP contribution in [0.2, 0.25) is 0 Å². The van der Waals surface area contributed by atoms with Gasteiger partial charge in [0.05, 0.1) is 18.2 Å². The third-order valence-electron chi connectivity index (χ3n) is 3.28. The van der Waals surface area contributed by atoms with Crippen molar-refractivity contribution in [2.45, 2.75) is 51.7 Å². The molecule has 0 bridgehead atoms. The van der Waals surface area contributed by atoms with E-state index in [1.807, 2.05) is 0 Å². The molecular weight excluding hydrogens is 228 g/mol. The molecule has 5 heteroatoms. The lowest BCUT2D eigenvalue weighted by molar-refractivity contribution is -0.0218. The van der Waals surface area contributed by atoms with Gasteiger partial charge < -0.3 is 4.74 Å². The molecule has 2 rings (SSSR count). The molecule has 2 heterocycles. The lowest BCUT2D eigenvalue weighted by Crippen LogP contribution is -2.37. The van der Waals surface area contributed by atoms with E-state index >= 15 is 0 Å². The molecule has 1 aromatic rings. The molecule has 0 radical (unpaired) electrons.